The zero-order valence-corrected chi connectivity index (χ0v) is 14.1. The molecule has 1 amide bonds. The van der Waals surface area contributed by atoms with Crippen LogP contribution in [-0.2, 0) is 4.79 Å². The summed E-state index contributed by atoms with van der Waals surface area (Å²) in [7, 11) is 0. The van der Waals surface area contributed by atoms with E-state index < -0.39 is 5.97 Å². The number of carbonyl (C=O) groups excluding carboxylic acids is 1. The molecule has 0 radical (unpaired) electrons. The van der Waals surface area contributed by atoms with E-state index in [1.54, 1.807) is 11.4 Å². The maximum Gasteiger partial charge on any atom is 0.348 e. The van der Waals surface area contributed by atoms with E-state index in [9.17, 15) is 9.59 Å². The van der Waals surface area contributed by atoms with Crippen LogP contribution in [-0.4, -0.2) is 50.2 Å². The van der Waals surface area contributed by atoms with Crippen molar-refractivity contribution in [3.05, 3.63) is 28.0 Å². The number of aromatic carboxylic acids is 1. The fraction of sp³-hybridized carbons (Fsp3) is 0.467. The number of carboxylic acid groups (broad SMARTS) is 1. The number of H-pyrrole nitrogens is 1. The largest absolute Gasteiger partial charge is 0.477 e. The molecule has 24 heavy (non-hydrogen) atoms. The lowest BCUT2D eigenvalue weighted by molar-refractivity contribution is -0.116. The van der Waals surface area contributed by atoms with E-state index in [4.69, 9.17) is 5.11 Å². The third-order valence-corrected chi connectivity index (χ3v) is 4.94. The quantitative estimate of drug-likeness (QED) is 0.736. The summed E-state index contributed by atoms with van der Waals surface area (Å²) < 4.78 is 0. The number of aromatic nitrogens is 3. The van der Waals surface area contributed by atoms with Crippen molar-refractivity contribution < 1.29 is 14.7 Å². The van der Waals surface area contributed by atoms with Gasteiger partial charge in [0.2, 0.25) is 5.91 Å². The average Bonchev–Trinajstić information content (AvgIpc) is 3.24. The lowest BCUT2D eigenvalue weighted by atomic mass is 10.2. The van der Waals surface area contributed by atoms with E-state index in [0.717, 1.165) is 42.4 Å². The van der Waals surface area contributed by atoms with Crippen molar-refractivity contribution in [1.29, 1.82) is 0 Å². The number of thiophene rings is 1. The van der Waals surface area contributed by atoms with Crippen molar-refractivity contribution >= 4 is 28.9 Å². The number of likely N-dealkylation sites (tertiary alicyclic amines) is 1. The number of nitrogens with zero attached hydrogens (tertiary/aromatic N) is 3. The SMILES string of the molecule is Cc1nc([C@H]2CCCN2CCC(=O)Nc2ccsc2C(=O)O)n[nH]1. The van der Waals surface area contributed by atoms with Gasteiger partial charge in [-0.1, -0.05) is 0 Å². The molecule has 2 aromatic heterocycles. The maximum atomic E-state index is 12.1. The maximum absolute atomic E-state index is 12.1. The van der Waals surface area contributed by atoms with Crippen LogP contribution in [0, 0.1) is 6.92 Å². The number of aryl methyl sites for hydroxylation is 1. The molecule has 1 aliphatic rings. The first-order valence-corrected chi connectivity index (χ1v) is 8.66. The number of rotatable bonds is 6. The fourth-order valence-corrected chi connectivity index (χ4v) is 3.61. The molecule has 0 aromatic carbocycles. The van der Waals surface area contributed by atoms with Crippen LogP contribution in [0.25, 0.3) is 0 Å². The van der Waals surface area contributed by atoms with Crippen LogP contribution in [0.2, 0.25) is 0 Å². The number of hydrogen-bond acceptors (Lipinski definition) is 6. The molecule has 1 atom stereocenters. The Morgan fingerprint density at radius 3 is 3.08 bits per heavy atom. The number of anilines is 1. The minimum atomic E-state index is -1.03. The second-order valence-electron chi connectivity index (χ2n) is 5.74. The topological polar surface area (TPSA) is 111 Å². The van der Waals surface area contributed by atoms with E-state index in [1.165, 1.54) is 0 Å². The van der Waals surface area contributed by atoms with Crippen molar-refractivity contribution in [2.75, 3.05) is 18.4 Å². The molecule has 128 valence electrons. The van der Waals surface area contributed by atoms with E-state index in [2.05, 4.69) is 25.4 Å². The molecule has 2 aromatic rings. The van der Waals surface area contributed by atoms with Crippen LogP contribution in [0.4, 0.5) is 5.69 Å². The highest BCUT2D eigenvalue weighted by Crippen LogP contribution is 2.29. The molecule has 0 spiro atoms. The predicted molar refractivity (Wildman–Crippen MR) is 89.2 cm³/mol. The highest BCUT2D eigenvalue weighted by Gasteiger charge is 2.29. The standard InChI is InChI=1S/C15H19N5O3S/c1-9-16-14(19-18-9)11-3-2-6-20(11)7-4-12(21)17-10-5-8-24-13(10)15(22)23/h5,8,11H,2-4,6-7H2,1H3,(H,17,21)(H,22,23)(H,16,18,19)/t11-/m1/s1. The normalized spacial score (nSPS) is 18.0. The number of carboxylic acids is 1. The number of amides is 1. The Morgan fingerprint density at radius 1 is 1.54 bits per heavy atom. The van der Waals surface area contributed by atoms with Crippen molar-refractivity contribution in [1.82, 2.24) is 20.1 Å². The van der Waals surface area contributed by atoms with Crippen LogP contribution >= 0.6 is 11.3 Å². The smallest absolute Gasteiger partial charge is 0.348 e. The van der Waals surface area contributed by atoms with E-state index >= 15 is 0 Å². The monoisotopic (exact) mass is 349 g/mol. The lowest BCUT2D eigenvalue weighted by Crippen LogP contribution is -2.28. The summed E-state index contributed by atoms with van der Waals surface area (Å²) in [6, 6.07) is 1.75. The molecule has 0 unspecified atom stereocenters. The van der Waals surface area contributed by atoms with Crippen LogP contribution in [0.15, 0.2) is 11.4 Å². The van der Waals surface area contributed by atoms with E-state index in [0.29, 0.717) is 18.7 Å². The third-order valence-electron chi connectivity index (χ3n) is 4.04. The highest BCUT2D eigenvalue weighted by molar-refractivity contribution is 7.12. The average molecular weight is 349 g/mol. The summed E-state index contributed by atoms with van der Waals surface area (Å²) in [5.41, 5.74) is 0.361. The van der Waals surface area contributed by atoms with Crippen LogP contribution in [0.1, 0.15) is 46.6 Å². The molecule has 8 nitrogen and oxygen atoms in total. The Balaban J connectivity index is 1.56. The van der Waals surface area contributed by atoms with Crippen LogP contribution < -0.4 is 5.32 Å². The molecule has 3 heterocycles. The number of hydrogen-bond donors (Lipinski definition) is 3. The lowest BCUT2D eigenvalue weighted by Gasteiger charge is -2.21. The summed E-state index contributed by atoms with van der Waals surface area (Å²) >= 11 is 1.10. The van der Waals surface area contributed by atoms with Gasteiger partial charge in [-0.25, -0.2) is 9.78 Å². The molecule has 3 N–H and O–H groups in total. The summed E-state index contributed by atoms with van der Waals surface area (Å²) in [5, 5.41) is 20.5. The first kappa shape index (κ1) is 16.6. The number of carbonyl (C=O) groups is 2. The molecule has 1 aliphatic heterocycles. The van der Waals surface area contributed by atoms with Gasteiger partial charge in [0.1, 0.15) is 10.7 Å². The van der Waals surface area contributed by atoms with Crippen LogP contribution in [0.3, 0.4) is 0 Å². The molecule has 9 heteroatoms. The zero-order valence-electron chi connectivity index (χ0n) is 13.3. The molecular weight excluding hydrogens is 330 g/mol. The molecular formula is C15H19N5O3S. The minimum absolute atomic E-state index is 0.137. The Labute approximate surface area is 142 Å². The molecule has 1 fully saturated rings. The Hall–Kier alpha value is -2.26. The van der Waals surface area contributed by atoms with Gasteiger partial charge >= 0.3 is 5.97 Å². The molecule has 1 saturated heterocycles. The van der Waals surface area contributed by atoms with Crippen molar-refractivity contribution in [3.8, 4) is 0 Å². The number of aromatic amines is 1. The van der Waals surface area contributed by atoms with Crippen molar-refractivity contribution in [2.24, 2.45) is 0 Å². The van der Waals surface area contributed by atoms with Gasteiger partial charge < -0.3 is 10.4 Å². The number of nitrogens with one attached hydrogen (secondary N) is 2. The van der Waals surface area contributed by atoms with Gasteiger partial charge in [-0.2, -0.15) is 5.10 Å². The first-order chi connectivity index (χ1) is 11.5. The van der Waals surface area contributed by atoms with Crippen molar-refractivity contribution in [3.63, 3.8) is 0 Å². The minimum Gasteiger partial charge on any atom is -0.477 e. The zero-order chi connectivity index (χ0) is 17.1. The Kier molecular flexibility index (Phi) is 4.91. The molecule has 0 bridgehead atoms. The van der Waals surface area contributed by atoms with Gasteiger partial charge in [-0.3, -0.25) is 14.8 Å². The molecule has 0 aliphatic carbocycles. The van der Waals surface area contributed by atoms with Crippen molar-refractivity contribution in [2.45, 2.75) is 32.2 Å². The van der Waals surface area contributed by atoms with Gasteiger partial charge in [0, 0.05) is 13.0 Å². The van der Waals surface area contributed by atoms with Gasteiger partial charge in [-0.15, -0.1) is 11.3 Å². The summed E-state index contributed by atoms with van der Waals surface area (Å²) in [6.45, 7) is 3.37. The third kappa shape index (κ3) is 3.62. The van der Waals surface area contributed by atoms with Gasteiger partial charge in [-0.05, 0) is 37.8 Å². The molecule has 3 rings (SSSR count). The summed E-state index contributed by atoms with van der Waals surface area (Å²) in [5.74, 6) is 0.345. The second-order valence-corrected chi connectivity index (χ2v) is 6.66. The highest BCUT2D eigenvalue weighted by atomic mass is 32.1. The fourth-order valence-electron chi connectivity index (χ4n) is 2.93. The van der Waals surface area contributed by atoms with E-state index in [1.807, 2.05) is 6.92 Å². The first-order valence-electron chi connectivity index (χ1n) is 7.78. The van der Waals surface area contributed by atoms with E-state index in [-0.39, 0.29) is 16.8 Å². The molecule has 0 saturated carbocycles. The Bertz CT molecular complexity index is 741. The summed E-state index contributed by atoms with van der Waals surface area (Å²) in [4.78, 5) is 29.9. The Morgan fingerprint density at radius 2 is 2.38 bits per heavy atom. The predicted octanol–water partition coefficient (Wildman–Crippen LogP) is 2.04. The van der Waals surface area contributed by atoms with Gasteiger partial charge in [0.25, 0.3) is 0 Å². The van der Waals surface area contributed by atoms with Crippen LogP contribution in [0.5, 0.6) is 0 Å². The van der Waals surface area contributed by atoms with Gasteiger partial charge in [0.15, 0.2) is 5.82 Å². The van der Waals surface area contributed by atoms with Gasteiger partial charge in [0.05, 0.1) is 11.7 Å². The second kappa shape index (κ2) is 7.10. The summed E-state index contributed by atoms with van der Waals surface area (Å²) in [6.07, 6.45) is 2.33.